The van der Waals surface area contributed by atoms with Crippen LogP contribution in [-0.4, -0.2) is 21.1 Å². The van der Waals surface area contributed by atoms with Gasteiger partial charge in [0.05, 0.1) is 11.1 Å². The van der Waals surface area contributed by atoms with Crippen molar-refractivity contribution in [1.29, 1.82) is 0 Å². The van der Waals surface area contributed by atoms with Crippen LogP contribution in [0.1, 0.15) is 23.9 Å². The van der Waals surface area contributed by atoms with E-state index < -0.39 is 41.4 Å². The van der Waals surface area contributed by atoms with Crippen molar-refractivity contribution in [3.05, 3.63) is 65.1 Å². The maximum atomic E-state index is 12.0. The number of allylic oxidation sites excluding steroid dienone is 5. The number of phenolic OH excluding ortho intramolecular Hbond substituents is 1. The summed E-state index contributed by atoms with van der Waals surface area (Å²) in [5.41, 5.74) is -0.111. The fourth-order valence-electron chi connectivity index (χ4n) is 1.63. The molecule has 98 valence electrons. The summed E-state index contributed by atoms with van der Waals surface area (Å²) in [6.45, 7) is 1.48. The van der Waals surface area contributed by atoms with Gasteiger partial charge in [0.15, 0.2) is 5.78 Å². The molecule has 0 aromatic heterocycles. The molecule has 1 aliphatic carbocycles. The topological polar surface area (TPSA) is 77.8 Å². The van der Waals surface area contributed by atoms with Crippen LogP contribution >= 0.6 is 0 Å². The third-order valence-corrected chi connectivity index (χ3v) is 2.74. The summed E-state index contributed by atoms with van der Waals surface area (Å²) in [6, 6.07) is 0.598. The second kappa shape index (κ2) is 5.02. The summed E-state index contributed by atoms with van der Waals surface area (Å²) in [7, 11) is 0. The predicted octanol–water partition coefficient (Wildman–Crippen LogP) is 2.89. The van der Waals surface area contributed by atoms with E-state index in [9.17, 15) is 20.1 Å². The first-order valence-electron chi connectivity index (χ1n) is 7.52. The van der Waals surface area contributed by atoms with Crippen LogP contribution in [0.5, 0.6) is 5.75 Å². The SMILES string of the molecule is [2H]C1=C/C(=C(\O)C(C)c2ccc(O)c([2H])c2[2H])C(=O)C([2H])=C1O. The molecule has 0 aliphatic heterocycles. The summed E-state index contributed by atoms with van der Waals surface area (Å²) in [5, 5.41) is 29.1. The minimum atomic E-state index is -0.931. The fraction of sp³-hybridized carbons (Fsp3) is 0.133. The molecule has 0 radical (unpaired) electrons. The maximum absolute atomic E-state index is 12.0. The third kappa shape index (κ3) is 2.68. The van der Waals surface area contributed by atoms with Crippen LogP contribution in [0.3, 0.4) is 0 Å². The van der Waals surface area contributed by atoms with E-state index >= 15 is 0 Å². The van der Waals surface area contributed by atoms with Gasteiger partial charge in [-0.25, -0.2) is 0 Å². The Balaban J connectivity index is 2.54. The molecular formula is C15H14O4. The number of carbonyl (C=O) groups excluding carboxylic acids is 1. The Bertz CT molecular complexity index is 793. The van der Waals surface area contributed by atoms with E-state index in [4.69, 9.17) is 5.48 Å². The summed E-state index contributed by atoms with van der Waals surface area (Å²) < 4.78 is 30.4. The lowest BCUT2D eigenvalue weighted by molar-refractivity contribution is -0.111. The Kier molecular flexibility index (Phi) is 2.27. The minimum absolute atomic E-state index is 0.204. The standard InChI is InChI=1S/C15H14O4/c1-9(10-2-4-11(16)5-3-10)15(19)13-7-6-12(17)8-14(13)18/h2-9,16-17,19H,1H3/b15-13+/i2D,4D,6D,8D. The molecule has 1 atom stereocenters. The molecule has 1 aromatic rings. The van der Waals surface area contributed by atoms with E-state index in [0.717, 1.165) is 6.08 Å². The lowest BCUT2D eigenvalue weighted by Crippen LogP contribution is -2.09. The highest BCUT2D eigenvalue weighted by atomic mass is 16.3. The molecule has 0 amide bonds. The van der Waals surface area contributed by atoms with Crippen LogP contribution in [0.2, 0.25) is 0 Å². The summed E-state index contributed by atoms with van der Waals surface area (Å²) in [4.78, 5) is 12.0. The van der Waals surface area contributed by atoms with Crippen molar-refractivity contribution < 1.29 is 25.6 Å². The molecule has 0 fully saturated rings. The monoisotopic (exact) mass is 262 g/mol. The van der Waals surface area contributed by atoms with Crippen LogP contribution < -0.4 is 0 Å². The second-order valence-electron chi connectivity index (χ2n) is 4.04. The third-order valence-electron chi connectivity index (χ3n) is 2.74. The number of aliphatic hydroxyl groups excluding tert-OH is 2. The Hall–Kier alpha value is -2.49. The Labute approximate surface area is 116 Å². The van der Waals surface area contributed by atoms with Gasteiger partial charge in [0.1, 0.15) is 17.3 Å². The highest BCUT2D eigenvalue weighted by Crippen LogP contribution is 2.27. The second-order valence-corrected chi connectivity index (χ2v) is 4.04. The molecule has 4 nitrogen and oxygen atoms in total. The first kappa shape index (κ1) is 8.58. The smallest absolute Gasteiger partial charge is 0.192 e. The van der Waals surface area contributed by atoms with Crippen LogP contribution in [0.4, 0.5) is 0 Å². The van der Waals surface area contributed by atoms with Crippen LogP contribution in [0.25, 0.3) is 0 Å². The largest absolute Gasteiger partial charge is 0.511 e. The summed E-state index contributed by atoms with van der Waals surface area (Å²) >= 11 is 0. The normalized spacial score (nSPS) is 23.0. The number of hydrogen-bond donors (Lipinski definition) is 3. The van der Waals surface area contributed by atoms with E-state index in [0.29, 0.717) is 0 Å². The molecule has 0 saturated heterocycles. The lowest BCUT2D eigenvalue weighted by Gasteiger charge is -2.15. The molecule has 0 spiro atoms. The molecule has 1 aromatic carbocycles. The zero-order valence-corrected chi connectivity index (χ0v) is 10.1. The van der Waals surface area contributed by atoms with Gasteiger partial charge in [-0.05, 0) is 29.8 Å². The Morgan fingerprint density at radius 3 is 2.79 bits per heavy atom. The average Bonchev–Trinajstić information content (AvgIpc) is 2.53. The number of aromatic hydroxyl groups is 1. The molecule has 0 saturated carbocycles. The van der Waals surface area contributed by atoms with E-state index in [1.807, 2.05) is 0 Å². The zero-order valence-electron chi connectivity index (χ0n) is 14.1. The molecule has 0 bridgehead atoms. The van der Waals surface area contributed by atoms with Crippen molar-refractivity contribution in [2.75, 3.05) is 0 Å². The van der Waals surface area contributed by atoms with E-state index in [2.05, 4.69) is 0 Å². The van der Waals surface area contributed by atoms with Gasteiger partial charge in [0.25, 0.3) is 0 Å². The Morgan fingerprint density at radius 2 is 2.05 bits per heavy atom. The maximum Gasteiger partial charge on any atom is 0.192 e. The first-order valence-corrected chi connectivity index (χ1v) is 5.52. The van der Waals surface area contributed by atoms with Gasteiger partial charge in [-0.1, -0.05) is 19.0 Å². The van der Waals surface area contributed by atoms with Crippen molar-refractivity contribution in [2.45, 2.75) is 12.8 Å². The predicted molar refractivity (Wildman–Crippen MR) is 71.0 cm³/mol. The first-order chi connectivity index (χ1) is 10.7. The molecule has 0 heterocycles. The number of benzene rings is 1. The summed E-state index contributed by atoms with van der Waals surface area (Å²) in [6.07, 6.45) is 0.952. The molecule has 19 heavy (non-hydrogen) atoms. The average molecular weight is 262 g/mol. The van der Waals surface area contributed by atoms with Gasteiger partial charge in [0, 0.05) is 12.0 Å². The van der Waals surface area contributed by atoms with Crippen LogP contribution in [0, 0.1) is 0 Å². The molecule has 3 N–H and O–H groups in total. The number of carbonyl (C=O) groups is 1. The van der Waals surface area contributed by atoms with Gasteiger partial charge < -0.3 is 15.3 Å². The number of hydrogen-bond acceptors (Lipinski definition) is 4. The van der Waals surface area contributed by atoms with Crippen molar-refractivity contribution in [3.63, 3.8) is 0 Å². The number of rotatable bonds is 2. The molecular weight excluding hydrogens is 244 g/mol. The van der Waals surface area contributed by atoms with Crippen LogP contribution in [-0.2, 0) is 4.79 Å². The minimum Gasteiger partial charge on any atom is -0.511 e. The summed E-state index contributed by atoms with van der Waals surface area (Å²) in [5.74, 6) is -3.42. The van der Waals surface area contributed by atoms with E-state index in [-0.39, 0.29) is 22.9 Å². The highest BCUT2D eigenvalue weighted by Gasteiger charge is 2.20. The van der Waals surface area contributed by atoms with Gasteiger partial charge in [0.2, 0.25) is 0 Å². The zero-order chi connectivity index (χ0) is 17.5. The molecule has 2 rings (SSSR count). The lowest BCUT2D eigenvalue weighted by atomic mass is 9.93. The van der Waals surface area contributed by atoms with Crippen molar-refractivity contribution in [3.8, 4) is 5.75 Å². The van der Waals surface area contributed by atoms with Crippen molar-refractivity contribution in [1.82, 2.24) is 0 Å². The molecule has 1 aliphatic rings. The molecule has 4 heteroatoms. The number of aliphatic hydroxyl groups is 2. The van der Waals surface area contributed by atoms with Gasteiger partial charge in [-0.3, -0.25) is 4.79 Å². The highest BCUT2D eigenvalue weighted by molar-refractivity contribution is 6.08. The van der Waals surface area contributed by atoms with Crippen molar-refractivity contribution >= 4 is 5.78 Å². The molecule has 1 unspecified atom stereocenters. The fourth-order valence-corrected chi connectivity index (χ4v) is 1.63. The van der Waals surface area contributed by atoms with Crippen molar-refractivity contribution in [2.24, 2.45) is 0 Å². The van der Waals surface area contributed by atoms with E-state index in [1.54, 1.807) is 0 Å². The van der Waals surface area contributed by atoms with Gasteiger partial charge in [-0.2, -0.15) is 0 Å². The van der Waals surface area contributed by atoms with Crippen LogP contribution in [0.15, 0.2) is 59.5 Å². The van der Waals surface area contributed by atoms with Gasteiger partial charge in [-0.15, -0.1) is 0 Å². The Morgan fingerprint density at radius 1 is 1.32 bits per heavy atom. The van der Waals surface area contributed by atoms with Gasteiger partial charge >= 0.3 is 0 Å². The number of phenols is 1. The number of ketones is 1. The van der Waals surface area contributed by atoms with E-state index in [1.165, 1.54) is 19.1 Å². The quantitative estimate of drug-likeness (QED) is 0.565.